The molecule has 0 bridgehead atoms. The highest BCUT2D eigenvalue weighted by Gasteiger charge is 2.21. The van der Waals surface area contributed by atoms with E-state index in [9.17, 15) is 9.18 Å². The topological polar surface area (TPSA) is 32.8 Å². The van der Waals surface area contributed by atoms with Gasteiger partial charge in [0.05, 0.1) is 7.11 Å². The summed E-state index contributed by atoms with van der Waals surface area (Å²) in [6.07, 6.45) is 1.00. The molecule has 0 unspecified atom stereocenters. The van der Waals surface area contributed by atoms with Crippen LogP contribution in [0.25, 0.3) is 0 Å². The fourth-order valence-corrected chi connectivity index (χ4v) is 3.11. The van der Waals surface area contributed by atoms with Crippen molar-refractivity contribution in [2.45, 2.75) is 12.8 Å². The first-order valence-electron chi connectivity index (χ1n) is 8.57. The molecule has 1 heterocycles. The van der Waals surface area contributed by atoms with Crippen molar-refractivity contribution in [1.29, 1.82) is 0 Å². The molecule has 0 N–H and O–H groups in total. The molecule has 3 rings (SSSR count). The van der Waals surface area contributed by atoms with Gasteiger partial charge in [-0.25, -0.2) is 4.39 Å². The molecule has 0 spiro atoms. The Kier molecular flexibility index (Phi) is 5.53. The van der Waals surface area contributed by atoms with Gasteiger partial charge in [0.15, 0.2) is 0 Å². The number of amides is 1. The first-order valence-corrected chi connectivity index (χ1v) is 8.57. The lowest BCUT2D eigenvalue weighted by molar-refractivity contribution is -0.131. The lowest BCUT2D eigenvalue weighted by atomic mass is 10.1. The average Bonchev–Trinajstić information content (AvgIpc) is 2.66. The fraction of sp³-hybridized carbons (Fsp3) is 0.350. The second-order valence-corrected chi connectivity index (χ2v) is 6.20. The van der Waals surface area contributed by atoms with Crippen molar-refractivity contribution in [3.05, 3.63) is 59.9 Å². The van der Waals surface area contributed by atoms with Crippen LogP contribution in [0.5, 0.6) is 5.75 Å². The number of halogens is 1. The van der Waals surface area contributed by atoms with Crippen molar-refractivity contribution in [2.75, 3.05) is 38.2 Å². The minimum atomic E-state index is -0.252. The molecule has 1 saturated heterocycles. The van der Waals surface area contributed by atoms with E-state index in [-0.39, 0.29) is 11.7 Å². The predicted octanol–water partition coefficient (Wildman–Crippen LogP) is 3.12. The maximum absolute atomic E-state index is 13.2. The predicted molar refractivity (Wildman–Crippen MR) is 96.5 cm³/mol. The summed E-state index contributed by atoms with van der Waals surface area (Å²) in [7, 11) is 1.66. The van der Waals surface area contributed by atoms with Crippen molar-refractivity contribution >= 4 is 11.6 Å². The Labute approximate surface area is 147 Å². The highest BCUT2D eigenvalue weighted by Crippen LogP contribution is 2.20. The maximum atomic E-state index is 13.2. The van der Waals surface area contributed by atoms with Crippen molar-refractivity contribution in [3.8, 4) is 5.75 Å². The van der Waals surface area contributed by atoms with Crippen LogP contribution in [-0.2, 0) is 11.2 Å². The van der Waals surface area contributed by atoms with Crippen molar-refractivity contribution in [1.82, 2.24) is 4.90 Å². The summed E-state index contributed by atoms with van der Waals surface area (Å²) >= 11 is 0. The molecule has 25 heavy (non-hydrogen) atoms. The van der Waals surface area contributed by atoms with Gasteiger partial charge in [-0.05, 0) is 48.4 Å². The molecule has 4 nitrogen and oxygen atoms in total. The van der Waals surface area contributed by atoms with Crippen LogP contribution in [0.4, 0.5) is 10.1 Å². The Hall–Kier alpha value is -2.56. The largest absolute Gasteiger partial charge is 0.497 e. The Bertz CT molecular complexity index is 710. The molecule has 0 saturated carbocycles. The molecule has 132 valence electrons. The third kappa shape index (κ3) is 4.50. The smallest absolute Gasteiger partial charge is 0.223 e. The molecule has 1 aliphatic heterocycles. The highest BCUT2D eigenvalue weighted by molar-refractivity contribution is 5.76. The summed E-state index contributed by atoms with van der Waals surface area (Å²) < 4.78 is 18.4. The van der Waals surface area contributed by atoms with Crippen LogP contribution in [0.1, 0.15) is 12.0 Å². The van der Waals surface area contributed by atoms with E-state index in [1.54, 1.807) is 13.2 Å². The first-order chi connectivity index (χ1) is 12.2. The Morgan fingerprint density at radius 1 is 1.08 bits per heavy atom. The first kappa shape index (κ1) is 17.3. The molecule has 2 aromatic rings. The summed E-state index contributed by atoms with van der Waals surface area (Å²) in [5, 5.41) is 0. The van der Waals surface area contributed by atoms with Gasteiger partial charge in [-0.1, -0.05) is 12.1 Å². The number of benzene rings is 2. The van der Waals surface area contributed by atoms with Gasteiger partial charge in [0, 0.05) is 38.3 Å². The fourth-order valence-electron chi connectivity index (χ4n) is 3.11. The molecule has 0 aliphatic carbocycles. The van der Waals surface area contributed by atoms with E-state index < -0.39 is 0 Å². The zero-order valence-electron chi connectivity index (χ0n) is 14.5. The van der Waals surface area contributed by atoms with Crippen LogP contribution < -0.4 is 9.64 Å². The van der Waals surface area contributed by atoms with E-state index in [4.69, 9.17) is 4.74 Å². The number of carbonyl (C=O) groups is 1. The molecule has 0 radical (unpaired) electrons. The monoisotopic (exact) mass is 342 g/mol. The third-order valence-corrected chi connectivity index (χ3v) is 4.59. The number of hydrogen-bond donors (Lipinski definition) is 0. The molecule has 5 heteroatoms. The van der Waals surface area contributed by atoms with Gasteiger partial charge in [-0.2, -0.15) is 0 Å². The number of hydrogen-bond acceptors (Lipinski definition) is 3. The molecule has 1 fully saturated rings. The summed E-state index contributed by atoms with van der Waals surface area (Å²) in [5.74, 6) is 0.728. The lowest BCUT2D eigenvalue weighted by Crippen LogP contribution is -2.48. The van der Waals surface area contributed by atoms with Gasteiger partial charge >= 0.3 is 0 Å². The van der Waals surface area contributed by atoms with Crippen LogP contribution in [0, 0.1) is 5.82 Å². The molecule has 1 aliphatic rings. The molecule has 2 aromatic carbocycles. The van der Waals surface area contributed by atoms with Gasteiger partial charge in [0.25, 0.3) is 0 Å². The zero-order valence-corrected chi connectivity index (χ0v) is 14.5. The quantitative estimate of drug-likeness (QED) is 0.837. The van der Waals surface area contributed by atoms with Gasteiger partial charge < -0.3 is 14.5 Å². The lowest BCUT2D eigenvalue weighted by Gasteiger charge is -2.36. The zero-order chi connectivity index (χ0) is 17.6. The van der Waals surface area contributed by atoms with Crippen LogP contribution in [-0.4, -0.2) is 44.1 Å². The minimum Gasteiger partial charge on any atom is -0.497 e. The summed E-state index contributed by atoms with van der Waals surface area (Å²) in [4.78, 5) is 16.6. The van der Waals surface area contributed by atoms with E-state index in [2.05, 4.69) is 4.90 Å². The highest BCUT2D eigenvalue weighted by atomic mass is 19.1. The van der Waals surface area contributed by atoms with E-state index in [0.29, 0.717) is 25.9 Å². The summed E-state index contributed by atoms with van der Waals surface area (Å²) in [5.41, 5.74) is 2.01. The van der Waals surface area contributed by atoms with E-state index in [0.717, 1.165) is 30.1 Å². The van der Waals surface area contributed by atoms with Gasteiger partial charge in [0.1, 0.15) is 11.6 Å². The van der Waals surface area contributed by atoms with E-state index >= 15 is 0 Å². The van der Waals surface area contributed by atoms with Crippen LogP contribution in [0.2, 0.25) is 0 Å². The molecule has 0 aromatic heterocycles. The molecular weight excluding hydrogens is 319 g/mol. The van der Waals surface area contributed by atoms with Crippen LogP contribution >= 0.6 is 0 Å². The Morgan fingerprint density at radius 3 is 2.44 bits per heavy atom. The normalized spacial score (nSPS) is 14.5. The van der Waals surface area contributed by atoms with E-state index in [1.165, 1.54) is 12.1 Å². The Morgan fingerprint density at radius 2 is 1.80 bits per heavy atom. The number of ether oxygens (including phenoxy) is 1. The van der Waals surface area contributed by atoms with E-state index in [1.807, 2.05) is 35.2 Å². The standard InChI is InChI=1S/C20H23FN2O2/c1-25-19-8-6-18(7-9-19)22-11-13-23(14-12-22)20(24)10-5-16-3-2-4-17(21)15-16/h2-4,6-9,15H,5,10-14H2,1H3. The second-order valence-electron chi connectivity index (χ2n) is 6.20. The van der Waals surface area contributed by atoms with Gasteiger partial charge in [-0.15, -0.1) is 0 Å². The van der Waals surface area contributed by atoms with Crippen LogP contribution in [0.3, 0.4) is 0 Å². The number of nitrogens with zero attached hydrogens (tertiary/aromatic N) is 2. The van der Waals surface area contributed by atoms with Crippen molar-refractivity contribution < 1.29 is 13.9 Å². The molecule has 1 amide bonds. The number of carbonyl (C=O) groups excluding carboxylic acids is 1. The average molecular weight is 342 g/mol. The SMILES string of the molecule is COc1ccc(N2CCN(C(=O)CCc3cccc(F)c3)CC2)cc1. The Balaban J connectivity index is 1.48. The maximum Gasteiger partial charge on any atom is 0.223 e. The number of piperazine rings is 1. The van der Waals surface area contributed by atoms with Crippen molar-refractivity contribution in [2.24, 2.45) is 0 Å². The minimum absolute atomic E-state index is 0.138. The van der Waals surface area contributed by atoms with Crippen LogP contribution in [0.15, 0.2) is 48.5 Å². The second kappa shape index (κ2) is 8.01. The summed E-state index contributed by atoms with van der Waals surface area (Å²) in [6, 6.07) is 14.4. The third-order valence-electron chi connectivity index (χ3n) is 4.59. The summed E-state index contributed by atoms with van der Waals surface area (Å²) in [6.45, 7) is 3.07. The van der Waals surface area contributed by atoms with Gasteiger partial charge in [0.2, 0.25) is 5.91 Å². The molecule has 0 atom stereocenters. The number of rotatable bonds is 5. The van der Waals surface area contributed by atoms with Gasteiger partial charge in [-0.3, -0.25) is 4.79 Å². The van der Waals surface area contributed by atoms with Crippen molar-refractivity contribution in [3.63, 3.8) is 0 Å². The number of anilines is 1. The molecular formula is C20H23FN2O2. The number of methoxy groups -OCH3 is 1. The number of aryl methyl sites for hydroxylation is 1.